The van der Waals surface area contributed by atoms with Gasteiger partial charge in [-0.15, -0.1) is 0 Å². The number of rotatable bonds is 8. The molecule has 3 nitrogen and oxygen atoms in total. The monoisotopic (exact) mass is 238 g/mol. The molecule has 0 saturated carbocycles. The number of aromatic nitrogens is 1. The Kier molecular flexibility index (Phi) is 6.27. The molecule has 17 heavy (non-hydrogen) atoms. The van der Waals surface area contributed by atoms with Crippen molar-refractivity contribution < 1.29 is 4.42 Å². The Balaban J connectivity index is 2.30. The van der Waals surface area contributed by atoms with Crippen LogP contribution in [0.2, 0.25) is 0 Å². The number of nitrogens with zero attached hydrogens (tertiary/aromatic N) is 1. The van der Waals surface area contributed by atoms with Crippen molar-refractivity contribution >= 4 is 0 Å². The Morgan fingerprint density at radius 2 is 2.12 bits per heavy atom. The maximum absolute atomic E-state index is 5.77. The molecular formula is C14H26N2O. The van der Waals surface area contributed by atoms with E-state index in [9.17, 15) is 0 Å². The van der Waals surface area contributed by atoms with E-state index >= 15 is 0 Å². The summed E-state index contributed by atoms with van der Waals surface area (Å²) in [5, 5.41) is 3.40. The van der Waals surface area contributed by atoms with E-state index in [4.69, 9.17) is 4.42 Å². The van der Waals surface area contributed by atoms with E-state index in [2.05, 4.69) is 38.0 Å². The van der Waals surface area contributed by atoms with E-state index in [0.29, 0.717) is 12.0 Å². The molecule has 0 bridgehead atoms. The molecule has 0 amide bonds. The molecule has 3 heteroatoms. The lowest BCUT2D eigenvalue weighted by Crippen LogP contribution is -2.23. The first-order valence-corrected chi connectivity index (χ1v) is 6.81. The summed E-state index contributed by atoms with van der Waals surface area (Å²) < 4.78 is 5.77. The lowest BCUT2D eigenvalue weighted by Gasteiger charge is -2.06. The van der Waals surface area contributed by atoms with E-state index in [0.717, 1.165) is 31.0 Å². The van der Waals surface area contributed by atoms with Gasteiger partial charge >= 0.3 is 0 Å². The molecule has 0 radical (unpaired) electrons. The quantitative estimate of drug-likeness (QED) is 0.704. The molecule has 98 valence electrons. The summed E-state index contributed by atoms with van der Waals surface area (Å²) in [6, 6.07) is 0.555. The third-order valence-electron chi connectivity index (χ3n) is 2.90. The predicted octanol–water partition coefficient (Wildman–Crippen LogP) is 3.51. The van der Waals surface area contributed by atoms with Crippen LogP contribution >= 0.6 is 0 Å². The van der Waals surface area contributed by atoms with E-state index < -0.39 is 0 Å². The van der Waals surface area contributed by atoms with E-state index in [-0.39, 0.29) is 0 Å². The maximum Gasteiger partial charge on any atom is 0.194 e. The minimum Gasteiger partial charge on any atom is -0.445 e. The van der Waals surface area contributed by atoms with Crippen LogP contribution in [0.1, 0.15) is 64.5 Å². The van der Waals surface area contributed by atoms with Crippen LogP contribution in [0.25, 0.3) is 0 Å². The van der Waals surface area contributed by atoms with Crippen molar-refractivity contribution in [1.29, 1.82) is 0 Å². The zero-order valence-electron chi connectivity index (χ0n) is 11.6. The summed E-state index contributed by atoms with van der Waals surface area (Å²) in [6.07, 6.45) is 6.27. The van der Waals surface area contributed by atoms with Crippen molar-refractivity contribution in [3.63, 3.8) is 0 Å². The summed E-state index contributed by atoms with van der Waals surface area (Å²) in [5.74, 6) is 2.42. The van der Waals surface area contributed by atoms with E-state index in [1.807, 2.05) is 6.20 Å². The van der Waals surface area contributed by atoms with E-state index in [1.165, 1.54) is 12.8 Å². The Morgan fingerprint density at radius 1 is 1.35 bits per heavy atom. The number of nitrogens with one attached hydrogen (secondary N) is 1. The van der Waals surface area contributed by atoms with Crippen molar-refractivity contribution in [2.24, 2.45) is 0 Å². The number of aryl methyl sites for hydroxylation is 1. The summed E-state index contributed by atoms with van der Waals surface area (Å²) in [6.45, 7) is 9.75. The predicted molar refractivity (Wildman–Crippen MR) is 71.3 cm³/mol. The Hall–Kier alpha value is -0.830. The maximum atomic E-state index is 5.77. The lowest BCUT2D eigenvalue weighted by molar-refractivity contribution is 0.414. The molecule has 0 aliphatic carbocycles. The highest BCUT2D eigenvalue weighted by Gasteiger charge is 2.10. The second-order valence-corrected chi connectivity index (χ2v) is 5.06. The van der Waals surface area contributed by atoms with Crippen LogP contribution in [0.15, 0.2) is 10.6 Å². The average molecular weight is 238 g/mol. The van der Waals surface area contributed by atoms with Gasteiger partial charge in [-0.3, -0.25) is 0 Å². The van der Waals surface area contributed by atoms with Crippen LogP contribution in [0, 0.1) is 0 Å². The van der Waals surface area contributed by atoms with Gasteiger partial charge in [-0.25, -0.2) is 4.98 Å². The fourth-order valence-electron chi connectivity index (χ4n) is 1.87. The fourth-order valence-corrected chi connectivity index (χ4v) is 1.87. The van der Waals surface area contributed by atoms with Crippen molar-refractivity contribution in [1.82, 2.24) is 10.3 Å². The molecule has 1 unspecified atom stereocenters. The van der Waals surface area contributed by atoms with Gasteiger partial charge in [0.05, 0.1) is 6.20 Å². The molecule has 0 spiro atoms. The average Bonchev–Trinajstić information content (AvgIpc) is 2.73. The zero-order chi connectivity index (χ0) is 12.7. The van der Waals surface area contributed by atoms with Gasteiger partial charge in [0, 0.05) is 18.4 Å². The smallest absolute Gasteiger partial charge is 0.194 e. The molecule has 1 heterocycles. The first-order valence-electron chi connectivity index (χ1n) is 6.81. The van der Waals surface area contributed by atoms with Crippen LogP contribution in [-0.2, 0) is 6.42 Å². The minimum atomic E-state index is 0.495. The fraction of sp³-hybridized carbons (Fsp3) is 0.786. The van der Waals surface area contributed by atoms with Crippen molar-refractivity contribution in [2.45, 2.75) is 65.3 Å². The van der Waals surface area contributed by atoms with Crippen LogP contribution in [0.5, 0.6) is 0 Å². The molecule has 0 fully saturated rings. The van der Waals surface area contributed by atoms with Crippen LogP contribution < -0.4 is 5.32 Å². The summed E-state index contributed by atoms with van der Waals surface area (Å²) in [7, 11) is 0. The lowest BCUT2D eigenvalue weighted by atomic mass is 10.0. The van der Waals surface area contributed by atoms with Gasteiger partial charge in [0.15, 0.2) is 5.89 Å². The Labute approximate surface area is 105 Å². The minimum absolute atomic E-state index is 0.495. The van der Waals surface area contributed by atoms with Crippen LogP contribution in [-0.4, -0.2) is 17.6 Å². The summed E-state index contributed by atoms with van der Waals surface area (Å²) in [5.41, 5.74) is 0. The number of oxazole rings is 1. The molecule has 1 atom stereocenters. The van der Waals surface area contributed by atoms with Crippen molar-refractivity contribution in [2.75, 3.05) is 6.54 Å². The highest BCUT2D eigenvalue weighted by molar-refractivity contribution is 5.00. The third kappa shape index (κ3) is 5.35. The van der Waals surface area contributed by atoms with Gasteiger partial charge in [-0.2, -0.15) is 0 Å². The number of hydrogen-bond donors (Lipinski definition) is 1. The molecule has 0 aliphatic rings. The molecule has 0 saturated heterocycles. The second kappa shape index (κ2) is 7.49. The highest BCUT2D eigenvalue weighted by atomic mass is 16.4. The molecule has 0 aromatic carbocycles. The van der Waals surface area contributed by atoms with E-state index in [1.54, 1.807) is 0 Å². The van der Waals surface area contributed by atoms with Gasteiger partial charge in [0.1, 0.15) is 5.76 Å². The highest BCUT2D eigenvalue weighted by Crippen LogP contribution is 2.21. The van der Waals surface area contributed by atoms with Crippen LogP contribution in [0.4, 0.5) is 0 Å². The van der Waals surface area contributed by atoms with Gasteiger partial charge < -0.3 is 9.73 Å². The molecule has 1 aromatic heterocycles. The van der Waals surface area contributed by atoms with Gasteiger partial charge in [0.2, 0.25) is 0 Å². The molecular weight excluding hydrogens is 212 g/mol. The second-order valence-electron chi connectivity index (χ2n) is 5.06. The topological polar surface area (TPSA) is 38.1 Å². The summed E-state index contributed by atoms with van der Waals surface area (Å²) in [4.78, 5) is 4.34. The molecule has 1 aromatic rings. The first-order chi connectivity index (χ1) is 8.13. The third-order valence-corrected chi connectivity index (χ3v) is 2.90. The van der Waals surface area contributed by atoms with Crippen LogP contribution in [0.3, 0.4) is 0 Å². The molecule has 1 rings (SSSR count). The van der Waals surface area contributed by atoms with Crippen molar-refractivity contribution in [3.05, 3.63) is 17.8 Å². The Bertz CT molecular complexity index is 307. The summed E-state index contributed by atoms with van der Waals surface area (Å²) >= 11 is 0. The Morgan fingerprint density at radius 3 is 2.76 bits per heavy atom. The number of hydrogen-bond acceptors (Lipinski definition) is 3. The van der Waals surface area contributed by atoms with Gasteiger partial charge in [-0.1, -0.05) is 34.1 Å². The van der Waals surface area contributed by atoms with Gasteiger partial charge in [0.25, 0.3) is 0 Å². The van der Waals surface area contributed by atoms with Gasteiger partial charge in [-0.05, 0) is 19.4 Å². The molecule has 0 aliphatic heterocycles. The first kappa shape index (κ1) is 14.2. The SMILES string of the molecule is CCCC(C)c1cnc(CCCNC(C)C)o1. The van der Waals surface area contributed by atoms with Crippen molar-refractivity contribution in [3.8, 4) is 0 Å². The normalized spacial score (nSPS) is 13.2. The largest absolute Gasteiger partial charge is 0.445 e. The zero-order valence-corrected chi connectivity index (χ0v) is 11.6. The standard InChI is InChI=1S/C14H26N2O/c1-5-7-12(4)13-10-16-14(17-13)8-6-9-15-11(2)3/h10-12,15H,5-9H2,1-4H3. The molecule has 1 N–H and O–H groups in total.